The van der Waals surface area contributed by atoms with Crippen LogP contribution in [0.4, 0.5) is 11.4 Å². The number of thiazole rings is 1. The molecule has 0 aliphatic rings. The van der Waals surface area contributed by atoms with Gasteiger partial charge in [-0.25, -0.2) is 4.98 Å². The van der Waals surface area contributed by atoms with Crippen LogP contribution >= 0.6 is 11.3 Å². The molecule has 2 rings (SSSR count). The number of aromatic nitrogens is 1. The summed E-state index contributed by atoms with van der Waals surface area (Å²) in [7, 11) is 3.47. The van der Waals surface area contributed by atoms with Gasteiger partial charge in [-0.05, 0) is 19.1 Å². The van der Waals surface area contributed by atoms with Gasteiger partial charge in [0.25, 0.3) is 0 Å². The van der Waals surface area contributed by atoms with Gasteiger partial charge in [-0.3, -0.25) is 0 Å². The third-order valence-corrected chi connectivity index (χ3v) is 3.83. The van der Waals surface area contributed by atoms with E-state index in [0.29, 0.717) is 18.8 Å². The number of methoxy groups -OCH3 is 1. The summed E-state index contributed by atoms with van der Waals surface area (Å²) in [6, 6.07) is 3.90. The summed E-state index contributed by atoms with van der Waals surface area (Å²) in [6.45, 7) is 2.75. The number of nitrogens with two attached hydrogens (primary N) is 1. The topological polar surface area (TPSA) is 71.6 Å². The van der Waals surface area contributed by atoms with Crippen molar-refractivity contribution in [1.82, 2.24) is 4.98 Å². The molecule has 0 aliphatic heterocycles. The number of nitrogens with zero attached hydrogens (tertiary/aromatic N) is 2. The molecule has 0 fully saturated rings. The average molecular weight is 281 g/mol. The fraction of sp³-hybridized carbons (Fsp3) is 0.462. The van der Waals surface area contributed by atoms with Gasteiger partial charge in [0.05, 0.1) is 39.3 Å². The Morgan fingerprint density at radius 2 is 2.26 bits per heavy atom. The number of anilines is 2. The molecule has 0 saturated heterocycles. The quantitative estimate of drug-likeness (QED) is 0.815. The van der Waals surface area contributed by atoms with Gasteiger partial charge in [-0.15, -0.1) is 11.3 Å². The maximum absolute atomic E-state index is 9.77. The number of nitrogen functional groups attached to an aromatic ring is 1. The number of fused-ring (bicyclic) bond motifs is 1. The van der Waals surface area contributed by atoms with Crippen molar-refractivity contribution in [1.29, 1.82) is 0 Å². The predicted octanol–water partition coefficient (Wildman–Crippen LogP) is 1.63. The average Bonchev–Trinajstić information content (AvgIpc) is 2.67. The van der Waals surface area contributed by atoms with E-state index >= 15 is 0 Å². The molecule has 0 bridgehead atoms. The second-order valence-electron chi connectivity index (χ2n) is 4.60. The molecular weight excluding hydrogens is 262 g/mol. The van der Waals surface area contributed by atoms with Crippen LogP contribution < -0.4 is 10.6 Å². The van der Waals surface area contributed by atoms with E-state index in [1.54, 1.807) is 18.4 Å². The lowest BCUT2D eigenvalue weighted by Gasteiger charge is -2.23. The van der Waals surface area contributed by atoms with Crippen LogP contribution in [0.1, 0.15) is 5.01 Å². The summed E-state index contributed by atoms with van der Waals surface area (Å²) < 4.78 is 6.01. The molecule has 19 heavy (non-hydrogen) atoms. The molecule has 1 unspecified atom stereocenters. The molecule has 104 valence electrons. The first-order valence-electron chi connectivity index (χ1n) is 6.06. The number of benzene rings is 1. The lowest BCUT2D eigenvalue weighted by Crippen LogP contribution is -2.32. The van der Waals surface area contributed by atoms with Gasteiger partial charge in [-0.1, -0.05) is 0 Å². The van der Waals surface area contributed by atoms with E-state index in [9.17, 15) is 5.11 Å². The number of ether oxygens (including phenoxy) is 1. The number of likely N-dealkylation sites (N-methyl/N-ethyl adjacent to an activating group) is 1. The first-order valence-corrected chi connectivity index (χ1v) is 6.87. The van der Waals surface area contributed by atoms with Crippen molar-refractivity contribution in [3.8, 4) is 0 Å². The van der Waals surface area contributed by atoms with Gasteiger partial charge >= 0.3 is 0 Å². The van der Waals surface area contributed by atoms with Crippen molar-refractivity contribution in [2.75, 3.05) is 37.9 Å². The number of aryl methyl sites for hydroxylation is 1. The lowest BCUT2D eigenvalue weighted by atomic mass is 10.2. The number of hydrogen-bond acceptors (Lipinski definition) is 6. The highest BCUT2D eigenvalue weighted by atomic mass is 32.1. The number of aliphatic hydroxyl groups excluding tert-OH is 1. The maximum atomic E-state index is 9.77. The molecule has 3 N–H and O–H groups in total. The van der Waals surface area contributed by atoms with E-state index in [0.717, 1.165) is 20.9 Å². The van der Waals surface area contributed by atoms with Crippen molar-refractivity contribution in [2.24, 2.45) is 0 Å². The molecule has 0 spiro atoms. The van der Waals surface area contributed by atoms with Gasteiger partial charge < -0.3 is 20.5 Å². The second-order valence-corrected chi connectivity index (χ2v) is 5.84. The monoisotopic (exact) mass is 281 g/mol. The summed E-state index contributed by atoms with van der Waals surface area (Å²) in [5.41, 5.74) is 8.59. The van der Waals surface area contributed by atoms with E-state index in [-0.39, 0.29) is 0 Å². The largest absolute Gasteiger partial charge is 0.397 e. The van der Waals surface area contributed by atoms with Crippen LogP contribution in [-0.2, 0) is 4.74 Å². The molecule has 1 atom stereocenters. The SMILES string of the molecule is COCC(O)CN(C)c1cc2nc(C)sc2cc1N. The number of rotatable bonds is 5. The minimum absolute atomic E-state index is 0.308. The van der Waals surface area contributed by atoms with Crippen molar-refractivity contribution in [3.05, 3.63) is 17.1 Å². The molecule has 1 heterocycles. The fourth-order valence-electron chi connectivity index (χ4n) is 2.08. The Hall–Kier alpha value is -1.37. The molecule has 1 aromatic carbocycles. The van der Waals surface area contributed by atoms with Crippen molar-refractivity contribution < 1.29 is 9.84 Å². The molecule has 6 heteroatoms. The predicted molar refractivity (Wildman–Crippen MR) is 79.9 cm³/mol. The van der Waals surface area contributed by atoms with Crippen molar-refractivity contribution in [2.45, 2.75) is 13.0 Å². The zero-order valence-corrected chi connectivity index (χ0v) is 12.2. The molecule has 1 aromatic heterocycles. The van der Waals surface area contributed by atoms with Crippen molar-refractivity contribution in [3.63, 3.8) is 0 Å². The van der Waals surface area contributed by atoms with Gasteiger partial charge in [0, 0.05) is 20.7 Å². The van der Waals surface area contributed by atoms with Gasteiger partial charge in [-0.2, -0.15) is 0 Å². The normalized spacial score (nSPS) is 12.8. The van der Waals surface area contributed by atoms with E-state index in [2.05, 4.69) is 4.98 Å². The van der Waals surface area contributed by atoms with Crippen LogP contribution in [-0.4, -0.2) is 43.5 Å². The van der Waals surface area contributed by atoms with Crippen LogP contribution in [0.25, 0.3) is 10.2 Å². The third-order valence-electron chi connectivity index (χ3n) is 2.90. The van der Waals surface area contributed by atoms with Crippen LogP contribution in [0.2, 0.25) is 0 Å². The van der Waals surface area contributed by atoms with Crippen LogP contribution in [0.15, 0.2) is 12.1 Å². The Balaban J connectivity index is 2.25. The molecule has 2 aromatic rings. The Labute approximate surface area is 116 Å². The van der Waals surface area contributed by atoms with E-state index in [4.69, 9.17) is 10.5 Å². The molecule has 0 amide bonds. The van der Waals surface area contributed by atoms with Crippen LogP contribution in [0.5, 0.6) is 0 Å². The standard InChI is InChI=1S/C13H19N3O2S/c1-8-15-11-5-12(10(14)4-13(11)19-8)16(2)6-9(17)7-18-3/h4-5,9,17H,6-7,14H2,1-3H3. The number of aliphatic hydroxyl groups is 1. The number of hydrogen-bond donors (Lipinski definition) is 2. The fourth-order valence-corrected chi connectivity index (χ4v) is 2.94. The van der Waals surface area contributed by atoms with Crippen molar-refractivity contribution >= 4 is 32.9 Å². The zero-order chi connectivity index (χ0) is 14.0. The molecule has 0 radical (unpaired) electrons. The zero-order valence-electron chi connectivity index (χ0n) is 11.4. The smallest absolute Gasteiger partial charge is 0.0947 e. The molecular formula is C13H19N3O2S. The highest BCUT2D eigenvalue weighted by molar-refractivity contribution is 7.18. The third kappa shape index (κ3) is 3.15. The lowest BCUT2D eigenvalue weighted by molar-refractivity contribution is 0.0695. The maximum Gasteiger partial charge on any atom is 0.0947 e. The Kier molecular flexibility index (Phi) is 4.24. The van der Waals surface area contributed by atoms with Gasteiger partial charge in [0.2, 0.25) is 0 Å². The summed E-state index contributed by atoms with van der Waals surface area (Å²) in [4.78, 5) is 6.39. The highest BCUT2D eigenvalue weighted by Crippen LogP contribution is 2.31. The minimum atomic E-state index is -0.540. The summed E-state index contributed by atoms with van der Waals surface area (Å²) >= 11 is 1.63. The Morgan fingerprint density at radius 3 is 2.95 bits per heavy atom. The van der Waals surface area contributed by atoms with Gasteiger partial charge in [0.15, 0.2) is 0 Å². The highest BCUT2D eigenvalue weighted by Gasteiger charge is 2.13. The first kappa shape index (κ1) is 14.0. The summed E-state index contributed by atoms with van der Waals surface area (Å²) in [6.07, 6.45) is -0.540. The second kappa shape index (κ2) is 5.73. The molecule has 0 aliphatic carbocycles. The van der Waals surface area contributed by atoms with Crippen LogP contribution in [0.3, 0.4) is 0 Å². The Morgan fingerprint density at radius 1 is 1.53 bits per heavy atom. The van der Waals surface area contributed by atoms with Crippen LogP contribution in [0, 0.1) is 6.92 Å². The minimum Gasteiger partial charge on any atom is -0.397 e. The van der Waals surface area contributed by atoms with Gasteiger partial charge in [0.1, 0.15) is 0 Å². The van der Waals surface area contributed by atoms with E-state index in [1.807, 2.05) is 31.0 Å². The molecule has 0 saturated carbocycles. The van der Waals surface area contributed by atoms with E-state index < -0.39 is 6.10 Å². The Bertz CT molecular complexity index is 570. The first-order chi connectivity index (χ1) is 9.01. The van der Waals surface area contributed by atoms with E-state index in [1.165, 1.54) is 0 Å². The summed E-state index contributed by atoms with van der Waals surface area (Å²) in [5, 5.41) is 10.8. The summed E-state index contributed by atoms with van der Waals surface area (Å²) in [5.74, 6) is 0. The molecule has 5 nitrogen and oxygen atoms in total.